The van der Waals surface area contributed by atoms with Gasteiger partial charge in [-0.05, 0) is 49.9 Å². The lowest BCUT2D eigenvalue weighted by molar-refractivity contribution is -0.116. The third-order valence-electron chi connectivity index (χ3n) is 5.41. The molecule has 184 valence electrons. The minimum absolute atomic E-state index is 0.0103. The Bertz CT molecular complexity index is 1410. The summed E-state index contributed by atoms with van der Waals surface area (Å²) in [5, 5.41) is 9.69. The third-order valence-corrected chi connectivity index (χ3v) is 6.37. The first-order chi connectivity index (χ1) is 16.5. The molecule has 0 aliphatic rings. The van der Waals surface area contributed by atoms with E-state index in [0.29, 0.717) is 17.4 Å². The van der Waals surface area contributed by atoms with Gasteiger partial charge in [0.1, 0.15) is 16.2 Å². The molecular formula is C25H30N6O3S. The molecule has 0 spiro atoms. The lowest BCUT2D eigenvalue weighted by Gasteiger charge is -2.23. The van der Waals surface area contributed by atoms with E-state index in [1.54, 1.807) is 11.8 Å². The number of anilines is 1. The van der Waals surface area contributed by atoms with Crippen LogP contribution in [0.3, 0.4) is 0 Å². The van der Waals surface area contributed by atoms with Gasteiger partial charge in [-0.3, -0.25) is 18.7 Å². The van der Waals surface area contributed by atoms with Crippen LogP contribution in [0.5, 0.6) is 0 Å². The number of nitrogens with zero attached hydrogens (tertiary/aromatic N) is 6. The van der Waals surface area contributed by atoms with Gasteiger partial charge in [0.25, 0.3) is 5.56 Å². The summed E-state index contributed by atoms with van der Waals surface area (Å²) in [6.45, 7) is 10.2. The average Bonchev–Trinajstić information content (AvgIpc) is 2.78. The van der Waals surface area contributed by atoms with Crippen molar-refractivity contribution in [2.24, 2.45) is 13.0 Å². The summed E-state index contributed by atoms with van der Waals surface area (Å²) in [6.07, 6.45) is 0.195. The summed E-state index contributed by atoms with van der Waals surface area (Å²) in [4.78, 5) is 49.6. The first-order valence-electron chi connectivity index (χ1n) is 11.4. The van der Waals surface area contributed by atoms with Crippen molar-refractivity contribution in [3.63, 3.8) is 0 Å². The molecule has 0 saturated heterocycles. The number of carbonyl (C=O) groups is 1. The van der Waals surface area contributed by atoms with Crippen molar-refractivity contribution in [3.8, 4) is 6.07 Å². The molecule has 1 aromatic carbocycles. The molecule has 2 aromatic heterocycles. The van der Waals surface area contributed by atoms with Gasteiger partial charge in [0, 0.05) is 25.8 Å². The van der Waals surface area contributed by atoms with E-state index in [0.717, 1.165) is 33.1 Å². The van der Waals surface area contributed by atoms with Crippen LogP contribution in [0.15, 0.2) is 32.8 Å². The minimum Gasteiger partial charge on any atom is -0.311 e. The van der Waals surface area contributed by atoms with E-state index in [4.69, 9.17) is 5.26 Å². The molecule has 0 N–H and O–H groups in total. The van der Waals surface area contributed by atoms with Crippen LogP contribution in [0.25, 0.3) is 11.0 Å². The van der Waals surface area contributed by atoms with Crippen LogP contribution in [0.4, 0.5) is 5.69 Å². The number of thioether (sulfide) groups is 1. The summed E-state index contributed by atoms with van der Waals surface area (Å²) >= 11 is 1.14. The van der Waals surface area contributed by atoms with Crippen molar-refractivity contribution in [3.05, 3.63) is 56.0 Å². The molecule has 1 amide bonds. The van der Waals surface area contributed by atoms with Crippen molar-refractivity contribution in [2.75, 3.05) is 17.2 Å². The van der Waals surface area contributed by atoms with Gasteiger partial charge >= 0.3 is 5.69 Å². The largest absolute Gasteiger partial charge is 0.332 e. The zero-order valence-electron chi connectivity index (χ0n) is 21.0. The second-order valence-electron chi connectivity index (χ2n) is 9.01. The number of hydrogen-bond acceptors (Lipinski definition) is 7. The highest BCUT2D eigenvalue weighted by Crippen LogP contribution is 2.25. The Labute approximate surface area is 208 Å². The molecule has 0 bridgehead atoms. The van der Waals surface area contributed by atoms with E-state index in [2.05, 4.69) is 16.0 Å². The monoisotopic (exact) mass is 494 g/mol. The van der Waals surface area contributed by atoms with Gasteiger partial charge in [0.15, 0.2) is 5.65 Å². The van der Waals surface area contributed by atoms with Crippen LogP contribution >= 0.6 is 11.8 Å². The first kappa shape index (κ1) is 26.2. The summed E-state index contributed by atoms with van der Waals surface area (Å²) in [5.41, 5.74) is 2.13. The van der Waals surface area contributed by atoms with Crippen LogP contribution in [0.2, 0.25) is 0 Å². The first-order valence-corrected chi connectivity index (χ1v) is 12.4. The summed E-state index contributed by atoms with van der Waals surface area (Å²) < 4.78 is 2.56. The summed E-state index contributed by atoms with van der Waals surface area (Å²) in [6, 6.07) is 7.95. The molecule has 0 unspecified atom stereocenters. The molecular weight excluding hydrogens is 464 g/mol. The fourth-order valence-electron chi connectivity index (χ4n) is 3.95. The van der Waals surface area contributed by atoms with E-state index in [9.17, 15) is 14.4 Å². The lowest BCUT2D eigenvalue weighted by Crippen LogP contribution is -2.39. The maximum Gasteiger partial charge on any atom is 0.332 e. The van der Waals surface area contributed by atoms with Crippen molar-refractivity contribution in [2.45, 2.75) is 52.6 Å². The Hall–Kier alpha value is -3.45. The van der Waals surface area contributed by atoms with Gasteiger partial charge in [0.05, 0.1) is 18.2 Å². The summed E-state index contributed by atoms with van der Waals surface area (Å²) in [5.74, 6) is 0.379. The Morgan fingerprint density at radius 3 is 2.40 bits per heavy atom. The lowest BCUT2D eigenvalue weighted by atomic mass is 10.1. The van der Waals surface area contributed by atoms with Crippen LogP contribution in [0, 0.1) is 38.0 Å². The SMILES string of the molecule is Cc1cc(C)cc(N(CCC#N)C(=O)CSc2nc(C)nc3c2c(=O)n(C)c(=O)n3CC(C)C)c1. The quantitative estimate of drug-likeness (QED) is 0.349. The van der Waals surface area contributed by atoms with E-state index in [1.165, 1.54) is 11.6 Å². The van der Waals surface area contributed by atoms with Gasteiger partial charge < -0.3 is 4.90 Å². The maximum atomic E-state index is 13.3. The van der Waals surface area contributed by atoms with Gasteiger partial charge in [-0.2, -0.15) is 5.26 Å². The van der Waals surface area contributed by atoms with Crippen molar-refractivity contribution in [1.82, 2.24) is 19.1 Å². The molecule has 0 aliphatic heterocycles. The molecule has 3 aromatic rings. The maximum absolute atomic E-state index is 13.3. The highest BCUT2D eigenvalue weighted by Gasteiger charge is 2.21. The fourth-order valence-corrected chi connectivity index (χ4v) is 4.89. The number of benzene rings is 1. The summed E-state index contributed by atoms with van der Waals surface area (Å²) in [7, 11) is 1.43. The normalized spacial score (nSPS) is 11.1. The highest BCUT2D eigenvalue weighted by molar-refractivity contribution is 8.00. The van der Waals surface area contributed by atoms with Crippen LogP contribution in [0.1, 0.15) is 37.2 Å². The Morgan fingerprint density at radius 1 is 1.14 bits per heavy atom. The molecule has 0 atom stereocenters. The predicted molar refractivity (Wildman–Crippen MR) is 138 cm³/mol. The van der Waals surface area contributed by atoms with E-state index in [-0.39, 0.29) is 41.6 Å². The second-order valence-corrected chi connectivity index (χ2v) is 9.98. The van der Waals surface area contributed by atoms with E-state index >= 15 is 0 Å². The van der Waals surface area contributed by atoms with Crippen LogP contribution < -0.4 is 16.1 Å². The standard InChI is InChI=1S/C25H30N6O3S/c1-15(2)13-31-22-21(24(33)29(6)25(31)34)23(28-18(5)27-22)35-14-20(32)30(9-7-8-26)19-11-16(3)10-17(4)12-19/h10-12,15H,7,9,13-14H2,1-6H3. The van der Waals surface area contributed by atoms with Gasteiger partial charge in [-0.15, -0.1) is 0 Å². The number of aromatic nitrogens is 4. The molecule has 9 nitrogen and oxygen atoms in total. The molecule has 35 heavy (non-hydrogen) atoms. The van der Waals surface area contributed by atoms with Gasteiger partial charge in [-0.25, -0.2) is 14.8 Å². The van der Waals surface area contributed by atoms with Crippen LogP contribution in [-0.2, 0) is 18.4 Å². The predicted octanol–water partition coefficient (Wildman–Crippen LogP) is 3.11. The van der Waals surface area contributed by atoms with Gasteiger partial charge in [-0.1, -0.05) is 31.7 Å². The Kier molecular flexibility index (Phi) is 8.12. The topological polar surface area (TPSA) is 114 Å². The Balaban J connectivity index is 2.03. The zero-order chi connectivity index (χ0) is 25.9. The molecule has 10 heteroatoms. The minimum atomic E-state index is -0.490. The smallest absolute Gasteiger partial charge is 0.311 e. The van der Waals surface area contributed by atoms with Crippen molar-refractivity contribution < 1.29 is 4.79 Å². The third kappa shape index (κ3) is 5.80. The second kappa shape index (κ2) is 10.9. The molecule has 3 rings (SSSR count). The zero-order valence-corrected chi connectivity index (χ0v) is 21.8. The number of nitriles is 1. The number of carbonyl (C=O) groups excluding carboxylic acids is 1. The Morgan fingerprint density at radius 2 is 1.80 bits per heavy atom. The number of hydrogen-bond donors (Lipinski definition) is 0. The molecule has 0 aliphatic carbocycles. The van der Waals surface area contributed by atoms with Crippen molar-refractivity contribution >= 4 is 34.4 Å². The van der Waals surface area contributed by atoms with E-state index < -0.39 is 11.2 Å². The number of fused-ring (bicyclic) bond motifs is 1. The van der Waals surface area contributed by atoms with Gasteiger partial charge in [0.2, 0.25) is 5.91 Å². The molecule has 0 saturated carbocycles. The van der Waals surface area contributed by atoms with Crippen LogP contribution in [-0.4, -0.2) is 37.3 Å². The number of aryl methyl sites for hydroxylation is 3. The number of rotatable bonds is 8. The molecule has 0 fully saturated rings. The molecule has 2 heterocycles. The average molecular weight is 495 g/mol. The molecule has 0 radical (unpaired) electrons. The highest BCUT2D eigenvalue weighted by atomic mass is 32.2. The fraction of sp³-hybridized carbons (Fsp3) is 0.440. The van der Waals surface area contributed by atoms with Crippen molar-refractivity contribution in [1.29, 1.82) is 5.26 Å². The number of amides is 1. The van der Waals surface area contributed by atoms with E-state index in [1.807, 2.05) is 45.9 Å².